The number of fused-ring (bicyclic) bond motifs is 12. The summed E-state index contributed by atoms with van der Waals surface area (Å²) in [5.41, 5.74) is 7.72. The average molecular weight is 366 g/mol. The molecular weight excluding hydrogens is 344 g/mol. The lowest BCUT2D eigenvalue weighted by molar-refractivity contribution is 0.365. The first kappa shape index (κ1) is 15.0. The lowest BCUT2D eigenvalue weighted by Gasteiger charge is -2.43. The highest BCUT2D eigenvalue weighted by Crippen LogP contribution is 2.75. The summed E-state index contributed by atoms with van der Waals surface area (Å²) in [4.78, 5) is 5.04. The molecule has 0 saturated heterocycles. The quantitative estimate of drug-likeness (QED) is 0.370. The van der Waals surface area contributed by atoms with Gasteiger partial charge in [-0.25, -0.2) is 0 Å². The molecule has 3 heterocycles. The summed E-state index contributed by atoms with van der Waals surface area (Å²) in [6.45, 7) is 4.90. The highest BCUT2D eigenvalue weighted by atomic mass is 16.3. The molecule has 1 aromatic heterocycles. The molecule has 0 spiro atoms. The molecule has 0 N–H and O–H groups in total. The number of furan rings is 1. The molecule has 3 atom stereocenters. The van der Waals surface area contributed by atoms with E-state index in [-0.39, 0.29) is 10.8 Å². The molecule has 3 unspecified atom stereocenters. The molecule has 1 fully saturated rings. The first-order valence-corrected chi connectivity index (χ1v) is 10.1. The third-order valence-electron chi connectivity index (χ3n) is 7.91. The molecule has 28 heavy (non-hydrogen) atoms. The van der Waals surface area contributed by atoms with E-state index >= 15 is 0 Å². The third-order valence-corrected chi connectivity index (χ3v) is 7.91. The number of anilines is 3. The summed E-state index contributed by atoms with van der Waals surface area (Å²) in [6, 6.07) is 21.8. The van der Waals surface area contributed by atoms with Crippen LogP contribution in [0.3, 0.4) is 0 Å². The monoisotopic (exact) mass is 366 g/mol. The van der Waals surface area contributed by atoms with Gasteiger partial charge in [-0.3, -0.25) is 0 Å². The maximum atomic E-state index is 6.49. The van der Waals surface area contributed by atoms with Gasteiger partial charge >= 0.3 is 0 Å². The fourth-order valence-corrected chi connectivity index (χ4v) is 6.29. The molecule has 3 heteroatoms. The third kappa shape index (κ3) is 1.41. The van der Waals surface area contributed by atoms with Crippen molar-refractivity contribution in [2.24, 2.45) is 5.41 Å². The Kier molecular flexibility index (Phi) is 2.35. The first-order chi connectivity index (χ1) is 13.5. The van der Waals surface area contributed by atoms with Gasteiger partial charge in [0.2, 0.25) is 0 Å². The lowest BCUT2D eigenvalue weighted by Crippen LogP contribution is -2.50. The second-order valence-electron chi connectivity index (χ2n) is 9.21. The van der Waals surface area contributed by atoms with E-state index in [9.17, 15) is 0 Å². The second kappa shape index (κ2) is 4.38. The van der Waals surface area contributed by atoms with Crippen LogP contribution in [-0.4, -0.2) is 13.2 Å². The minimum absolute atomic E-state index is 0.187. The van der Waals surface area contributed by atoms with Crippen molar-refractivity contribution in [2.75, 3.05) is 16.8 Å². The first-order valence-electron chi connectivity index (χ1n) is 10.1. The Morgan fingerprint density at radius 2 is 1.64 bits per heavy atom. The minimum atomic E-state index is 0.187. The van der Waals surface area contributed by atoms with Gasteiger partial charge in [-0.05, 0) is 30.2 Å². The summed E-state index contributed by atoms with van der Waals surface area (Å²) in [6.07, 6.45) is 1.53. The number of hydrogen-bond donors (Lipinski definition) is 0. The summed E-state index contributed by atoms with van der Waals surface area (Å²) >= 11 is 0. The van der Waals surface area contributed by atoms with E-state index in [0.717, 1.165) is 11.2 Å². The van der Waals surface area contributed by atoms with Crippen LogP contribution < -0.4 is 9.80 Å². The zero-order chi connectivity index (χ0) is 18.8. The highest BCUT2D eigenvalue weighted by molar-refractivity contribution is 6.11. The van der Waals surface area contributed by atoms with Crippen LogP contribution in [0.1, 0.15) is 25.8 Å². The van der Waals surface area contributed by atoms with Crippen molar-refractivity contribution < 1.29 is 4.42 Å². The molecule has 4 aromatic rings. The topological polar surface area (TPSA) is 19.6 Å². The summed E-state index contributed by atoms with van der Waals surface area (Å²) in [7, 11) is 2.25. The van der Waals surface area contributed by atoms with Crippen LogP contribution in [0.4, 0.5) is 17.1 Å². The number of benzene rings is 3. The van der Waals surface area contributed by atoms with Crippen LogP contribution in [-0.2, 0) is 5.41 Å². The maximum Gasteiger partial charge on any atom is 0.159 e. The van der Waals surface area contributed by atoms with Crippen LogP contribution in [0.2, 0.25) is 0 Å². The van der Waals surface area contributed by atoms with Crippen LogP contribution in [0.5, 0.6) is 0 Å². The van der Waals surface area contributed by atoms with Crippen molar-refractivity contribution in [1.29, 1.82) is 0 Å². The van der Waals surface area contributed by atoms with Crippen LogP contribution >= 0.6 is 0 Å². The number of rotatable bonds is 0. The Bertz CT molecular complexity index is 1320. The van der Waals surface area contributed by atoms with Crippen molar-refractivity contribution in [3.8, 4) is 0 Å². The Morgan fingerprint density at radius 3 is 2.50 bits per heavy atom. The minimum Gasteiger partial charge on any atom is -0.454 e. The van der Waals surface area contributed by atoms with Gasteiger partial charge in [0.1, 0.15) is 11.7 Å². The molecule has 138 valence electrons. The molecule has 0 radical (unpaired) electrons. The zero-order valence-electron chi connectivity index (χ0n) is 16.4. The van der Waals surface area contributed by atoms with E-state index in [4.69, 9.17) is 4.42 Å². The molecule has 3 aliphatic rings. The standard InChI is InChI=1S/C25H22N2O/c1-24-14-25(24,2)23-26(3)18-9-5-6-10-19(18)27(23)21-17(24)13-12-16-15-8-4-7-11-20(15)28-22(16)21/h4-13,23H,14H2,1-3H3. The predicted molar refractivity (Wildman–Crippen MR) is 115 cm³/mol. The number of nitrogens with zero attached hydrogens (tertiary/aromatic N) is 2. The van der Waals surface area contributed by atoms with E-state index in [1.807, 2.05) is 0 Å². The fraction of sp³-hybridized carbons (Fsp3) is 0.280. The zero-order valence-corrected chi connectivity index (χ0v) is 16.4. The molecule has 7 rings (SSSR count). The van der Waals surface area contributed by atoms with Gasteiger partial charge in [0.25, 0.3) is 0 Å². The van der Waals surface area contributed by atoms with E-state index in [1.54, 1.807) is 0 Å². The number of para-hydroxylation sites is 3. The van der Waals surface area contributed by atoms with Crippen molar-refractivity contribution in [3.63, 3.8) is 0 Å². The molecule has 1 aliphatic carbocycles. The molecule has 2 aliphatic heterocycles. The molecule has 0 amide bonds. The van der Waals surface area contributed by atoms with Crippen LogP contribution in [0.25, 0.3) is 21.9 Å². The van der Waals surface area contributed by atoms with Crippen LogP contribution in [0.15, 0.2) is 65.1 Å². The second-order valence-corrected chi connectivity index (χ2v) is 9.21. The number of hydrogen-bond acceptors (Lipinski definition) is 3. The van der Waals surface area contributed by atoms with E-state index in [0.29, 0.717) is 6.17 Å². The van der Waals surface area contributed by atoms with Crippen molar-refractivity contribution in [3.05, 3.63) is 66.2 Å². The SMILES string of the molecule is CN1c2ccccc2N2c3c(ccc4c3oc3ccccc34)C3(C)CC3(C)C12. The summed E-state index contributed by atoms with van der Waals surface area (Å²) in [5.74, 6) is 0. The van der Waals surface area contributed by atoms with Gasteiger partial charge in [-0.15, -0.1) is 0 Å². The Hall–Kier alpha value is -2.94. The van der Waals surface area contributed by atoms with E-state index in [1.165, 1.54) is 39.8 Å². The molecule has 3 nitrogen and oxygen atoms in total. The van der Waals surface area contributed by atoms with Crippen molar-refractivity contribution in [1.82, 2.24) is 0 Å². The predicted octanol–water partition coefficient (Wildman–Crippen LogP) is 6.18. The van der Waals surface area contributed by atoms with Gasteiger partial charge in [-0.1, -0.05) is 56.3 Å². The Balaban J connectivity index is 1.65. The normalized spacial score (nSPS) is 29.6. The molecule has 3 aromatic carbocycles. The maximum absolute atomic E-state index is 6.49. The van der Waals surface area contributed by atoms with Crippen molar-refractivity contribution in [2.45, 2.75) is 31.8 Å². The van der Waals surface area contributed by atoms with Gasteiger partial charge in [0.05, 0.1) is 17.1 Å². The summed E-state index contributed by atoms with van der Waals surface area (Å²) in [5, 5.41) is 2.42. The largest absolute Gasteiger partial charge is 0.454 e. The smallest absolute Gasteiger partial charge is 0.159 e. The van der Waals surface area contributed by atoms with Gasteiger partial charge in [0.15, 0.2) is 5.58 Å². The lowest BCUT2D eigenvalue weighted by atomic mass is 9.81. The average Bonchev–Trinajstić information content (AvgIpc) is 3.00. The Morgan fingerprint density at radius 1 is 0.893 bits per heavy atom. The Labute approximate surface area is 164 Å². The van der Waals surface area contributed by atoms with E-state index < -0.39 is 0 Å². The van der Waals surface area contributed by atoms with Crippen molar-refractivity contribution >= 4 is 39.0 Å². The van der Waals surface area contributed by atoms with Gasteiger partial charge in [-0.2, -0.15) is 0 Å². The molecular formula is C25H22N2O. The molecule has 0 bridgehead atoms. The van der Waals surface area contributed by atoms with Gasteiger partial charge < -0.3 is 14.2 Å². The molecule has 1 saturated carbocycles. The van der Waals surface area contributed by atoms with Gasteiger partial charge in [0, 0.05) is 28.7 Å². The fourth-order valence-electron chi connectivity index (χ4n) is 6.29. The highest BCUT2D eigenvalue weighted by Gasteiger charge is 2.72. The van der Waals surface area contributed by atoms with Crippen LogP contribution in [0, 0.1) is 5.41 Å². The summed E-state index contributed by atoms with van der Waals surface area (Å²) < 4.78 is 6.49. The van der Waals surface area contributed by atoms with E-state index in [2.05, 4.69) is 91.4 Å².